The summed E-state index contributed by atoms with van der Waals surface area (Å²) >= 11 is 0. The molecule has 0 bridgehead atoms. The Bertz CT molecular complexity index is 1060. The molecule has 2 heterocycles. The summed E-state index contributed by atoms with van der Waals surface area (Å²) in [4.78, 5) is 11.8. The van der Waals surface area contributed by atoms with Gasteiger partial charge in [-0.05, 0) is 86.2 Å². The van der Waals surface area contributed by atoms with Crippen molar-refractivity contribution < 1.29 is 0 Å². The molecule has 1 fully saturated rings. The highest BCUT2D eigenvalue weighted by molar-refractivity contribution is 6.03. The minimum Gasteiger partial charge on any atom is -0.346 e. The number of nitrogens with zero attached hydrogens (tertiary/aromatic N) is 4. The molecular formula is C25H29N7. The first kappa shape index (κ1) is 21.4. The Hall–Kier alpha value is -3.79. The molecule has 0 radical (unpaired) electrons. The van der Waals surface area contributed by atoms with Crippen molar-refractivity contribution in [3.63, 3.8) is 0 Å². The Kier molecular flexibility index (Phi) is 6.41. The molecule has 7 nitrogen and oxygen atoms in total. The minimum atomic E-state index is -0.364. The fourth-order valence-electron chi connectivity index (χ4n) is 4.07. The van der Waals surface area contributed by atoms with E-state index in [9.17, 15) is 0 Å². The summed E-state index contributed by atoms with van der Waals surface area (Å²) in [6.45, 7) is 10.0. The van der Waals surface area contributed by atoms with E-state index in [0.29, 0.717) is 11.5 Å². The summed E-state index contributed by atoms with van der Waals surface area (Å²) in [7, 11) is 0. The topological polar surface area (TPSA) is 87.8 Å². The van der Waals surface area contributed by atoms with Crippen LogP contribution in [0.4, 0.5) is 11.4 Å². The van der Waals surface area contributed by atoms with Crippen molar-refractivity contribution in [2.75, 3.05) is 23.7 Å². The normalized spacial score (nSPS) is 18.0. The van der Waals surface area contributed by atoms with Crippen LogP contribution in [0.2, 0.25) is 0 Å². The number of aryl methyl sites for hydroxylation is 2. The van der Waals surface area contributed by atoms with E-state index in [2.05, 4.69) is 59.5 Å². The van der Waals surface area contributed by atoms with E-state index in [1.807, 2.05) is 18.2 Å². The van der Waals surface area contributed by atoms with Gasteiger partial charge in [-0.2, -0.15) is 10.3 Å². The zero-order chi connectivity index (χ0) is 22.5. The van der Waals surface area contributed by atoms with Crippen LogP contribution in [-0.2, 0) is 0 Å². The maximum absolute atomic E-state index is 9.04. The van der Waals surface area contributed by atoms with Gasteiger partial charge < -0.3 is 20.9 Å². The third kappa shape index (κ3) is 4.92. The van der Waals surface area contributed by atoms with Gasteiger partial charge in [0.1, 0.15) is 0 Å². The van der Waals surface area contributed by atoms with Crippen molar-refractivity contribution in [1.29, 1.82) is 5.26 Å². The summed E-state index contributed by atoms with van der Waals surface area (Å²) in [6, 6.07) is 13.7. The second-order valence-corrected chi connectivity index (χ2v) is 8.18. The molecule has 1 saturated heterocycles. The Balaban J connectivity index is 1.60. The lowest BCUT2D eigenvalue weighted by Gasteiger charge is -2.34. The van der Waals surface area contributed by atoms with Crippen molar-refractivity contribution in [3.05, 3.63) is 65.2 Å². The van der Waals surface area contributed by atoms with Gasteiger partial charge in [0, 0.05) is 24.5 Å². The second-order valence-electron chi connectivity index (χ2n) is 8.18. The van der Waals surface area contributed by atoms with Crippen LogP contribution >= 0.6 is 0 Å². The molecule has 0 aliphatic carbocycles. The standard InChI is InChI=1S/C25H29N7/c1-4-19-14-17(2)22(18(3)15-19)28-24-29-23(27-21-10-8-20(16-26)9-11-21)30-25(31-24)32-12-6-5-7-13-32/h4,8-11,14-15,24,28H,1,5-7,12-13H2,2-3H3,(H2,27,29,30,31). The molecule has 0 spiro atoms. The number of nitriles is 1. The highest BCUT2D eigenvalue weighted by atomic mass is 15.4. The molecule has 1 atom stereocenters. The highest BCUT2D eigenvalue weighted by Gasteiger charge is 2.23. The molecule has 0 aromatic heterocycles. The molecule has 32 heavy (non-hydrogen) atoms. The molecular weight excluding hydrogens is 398 g/mol. The molecule has 4 rings (SSSR count). The van der Waals surface area contributed by atoms with Crippen molar-refractivity contribution in [1.82, 2.24) is 10.2 Å². The molecule has 2 aromatic rings. The van der Waals surface area contributed by atoms with E-state index in [4.69, 9.17) is 15.2 Å². The fourth-order valence-corrected chi connectivity index (χ4v) is 4.07. The van der Waals surface area contributed by atoms with Crippen molar-refractivity contribution in [3.8, 4) is 6.07 Å². The van der Waals surface area contributed by atoms with Gasteiger partial charge in [-0.15, -0.1) is 0 Å². The molecule has 0 saturated carbocycles. The molecule has 1 unspecified atom stereocenters. The number of piperidine rings is 1. The number of nitrogens with one attached hydrogen (secondary N) is 3. The van der Waals surface area contributed by atoms with Gasteiger partial charge in [0.25, 0.3) is 0 Å². The van der Waals surface area contributed by atoms with Gasteiger partial charge >= 0.3 is 0 Å². The van der Waals surface area contributed by atoms with Crippen molar-refractivity contribution in [2.45, 2.75) is 39.4 Å². The van der Waals surface area contributed by atoms with E-state index in [1.54, 1.807) is 12.1 Å². The number of anilines is 2. The van der Waals surface area contributed by atoms with E-state index >= 15 is 0 Å². The first-order valence-electron chi connectivity index (χ1n) is 11.0. The zero-order valence-corrected chi connectivity index (χ0v) is 18.7. The minimum absolute atomic E-state index is 0.364. The molecule has 0 amide bonds. The Labute approximate surface area is 189 Å². The first-order chi connectivity index (χ1) is 15.6. The Morgan fingerprint density at radius 1 is 1.12 bits per heavy atom. The van der Waals surface area contributed by atoms with Crippen LogP contribution in [0.1, 0.15) is 41.5 Å². The number of guanidine groups is 2. The Morgan fingerprint density at radius 2 is 1.81 bits per heavy atom. The SMILES string of the molecule is C=Cc1cc(C)c(NC2N=C(Nc3ccc(C#N)cc3)N=C(N3CCCCC3)N2)c(C)c1. The van der Waals surface area contributed by atoms with Gasteiger partial charge in [0.2, 0.25) is 11.9 Å². The average molecular weight is 428 g/mol. The summed E-state index contributed by atoms with van der Waals surface area (Å²) in [5, 5.41) is 19.3. The van der Waals surface area contributed by atoms with E-state index in [1.165, 1.54) is 6.42 Å². The number of rotatable bonds is 4. The van der Waals surface area contributed by atoms with Crippen molar-refractivity contribution >= 4 is 29.4 Å². The van der Waals surface area contributed by atoms with Crippen LogP contribution in [0.15, 0.2) is 53.0 Å². The van der Waals surface area contributed by atoms with Crippen LogP contribution in [-0.4, -0.2) is 36.2 Å². The van der Waals surface area contributed by atoms with Crippen LogP contribution in [0.5, 0.6) is 0 Å². The van der Waals surface area contributed by atoms with Gasteiger partial charge in [-0.3, -0.25) is 0 Å². The van der Waals surface area contributed by atoms with E-state index in [0.717, 1.165) is 60.0 Å². The van der Waals surface area contributed by atoms with Gasteiger partial charge in [0.05, 0.1) is 11.6 Å². The smallest absolute Gasteiger partial charge is 0.229 e. The highest BCUT2D eigenvalue weighted by Crippen LogP contribution is 2.24. The van der Waals surface area contributed by atoms with Crippen LogP contribution in [0, 0.1) is 25.2 Å². The summed E-state index contributed by atoms with van der Waals surface area (Å²) in [5.74, 6) is 1.36. The summed E-state index contributed by atoms with van der Waals surface area (Å²) < 4.78 is 0. The van der Waals surface area contributed by atoms with Gasteiger partial charge in [-0.1, -0.05) is 12.7 Å². The largest absolute Gasteiger partial charge is 0.346 e. The predicted molar refractivity (Wildman–Crippen MR) is 132 cm³/mol. The Morgan fingerprint density at radius 3 is 2.44 bits per heavy atom. The fraction of sp³-hybridized carbons (Fsp3) is 0.320. The number of benzene rings is 2. The lowest BCUT2D eigenvalue weighted by atomic mass is 10.0. The van der Waals surface area contributed by atoms with Gasteiger partial charge in [0.15, 0.2) is 6.29 Å². The third-order valence-electron chi connectivity index (χ3n) is 5.73. The van der Waals surface area contributed by atoms with Crippen LogP contribution in [0.25, 0.3) is 6.08 Å². The lowest BCUT2D eigenvalue weighted by molar-refractivity contribution is 0.328. The lowest BCUT2D eigenvalue weighted by Crippen LogP contribution is -2.52. The zero-order valence-electron chi connectivity index (χ0n) is 18.7. The first-order valence-corrected chi connectivity index (χ1v) is 11.0. The molecule has 164 valence electrons. The number of aliphatic imine (C=N–C) groups is 2. The van der Waals surface area contributed by atoms with Crippen LogP contribution in [0.3, 0.4) is 0 Å². The number of likely N-dealkylation sites (tertiary alicyclic amines) is 1. The quantitative estimate of drug-likeness (QED) is 0.672. The van der Waals surface area contributed by atoms with E-state index in [-0.39, 0.29) is 6.29 Å². The predicted octanol–water partition coefficient (Wildman–Crippen LogP) is 4.43. The third-order valence-corrected chi connectivity index (χ3v) is 5.73. The molecule has 7 heteroatoms. The van der Waals surface area contributed by atoms with Crippen LogP contribution < -0.4 is 16.0 Å². The molecule has 2 aliphatic heterocycles. The maximum Gasteiger partial charge on any atom is 0.229 e. The summed E-state index contributed by atoms with van der Waals surface area (Å²) in [5.41, 5.74) is 5.89. The number of hydrogen-bond donors (Lipinski definition) is 3. The maximum atomic E-state index is 9.04. The molecule has 3 N–H and O–H groups in total. The molecule has 2 aromatic carbocycles. The molecule has 2 aliphatic rings. The van der Waals surface area contributed by atoms with Crippen molar-refractivity contribution in [2.24, 2.45) is 9.98 Å². The monoisotopic (exact) mass is 427 g/mol. The average Bonchev–Trinajstić information content (AvgIpc) is 2.82. The second kappa shape index (κ2) is 9.56. The van der Waals surface area contributed by atoms with E-state index < -0.39 is 0 Å². The van der Waals surface area contributed by atoms with Gasteiger partial charge in [-0.25, -0.2) is 4.99 Å². The number of hydrogen-bond acceptors (Lipinski definition) is 7. The summed E-state index contributed by atoms with van der Waals surface area (Å²) in [6.07, 6.45) is 5.08.